The second-order valence-corrected chi connectivity index (χ2v) is 10.1. The number of halogens is 3. The van der Waals surface area contributed by atoms with E-state index in [1.807, 2.05) is 0 Å². The van der Waals surface area contributed by atoms with Crippen LogP contribution in [0, 0.1) is 0 Å². The van der Waals surface area contributed by atoms with Crippen molar-refractivity contribution in [2.75, 3.05) is 16.4 Å². The third-order valence-electron chi connectivity index (χ3n) is 4.52. The Balaban J connectivity index is 1.91. The Morgan fingerprint density at radius 1 is 1.24 bits per heavy atom. The van der Waals surface area contributed by atoms with Crippen molar-refractivity contribution in [3.63, 3.8) is 0 Å². The number of alkyl halides is 3. The van der Waals surface area contributed by atoms with Crippen LogP contribution < -0.4 is 4.90 Å². The smallest absolute Gasteiger partial charge is 0.416 e. The molecule has 158 valence electrons. The number of aliphatic carboxylic acids is 1. The fraction of sp³-hybridized carbons (Fsp3) is 0.471. The first kappa shape index (κ1) is 21.6. The van der Waals surface area contributed by atoms with Gasteiger partial charge in [0.25, 0.3) is 0 Å². The monoisotopic (exact) mass is 450 g/mol. The molecule has 3 rings (SSSR count). The zero-order valence-electron chi connectivity index (χ0n) is 14.9. The van der Waals surface area contributed by atoms with Crippen LogP contribution in [0.5, 0.6) is 0 Å². The zero-order chi connectivity index (χ0) is 21.4. The molecule has 0 radical (unpaired) electrons. The summed E-state index contributed by atoms with van der Waals surface area (Å²) >= 11 is 1.05. The number of carbonyl (C=O) groups excluding carboxylic acids is 1. The number of anilines is 1. The number of carboxylic acid groups (broad SMARTS) is 1. The highest BCUT2D eigenvalue weighted by molar-refractivity contribution is 8.16. The highest BCUT2D eigenvalue weighted by Gasteiger charge is 2.49. The lowest BCUT2D eigenvalue weighted by Crippen LogP contribution is -2.37. The Bertz CT molecular complexity index is 962. The van der Waals surface area contributed by atoms with Crippen molar-refractivity contribution in [2.24, 2.45) is 4.99 Å². The number of amidine groups is 1. The van der Waals surface area contributed by atoms with Crippen molar-refractivity contribution in [3.05, 3.63) is 29.8 Å². The quantitative estimate of drug-likeness (QED) is 0.735. The second-order valence-electron chi connectivity index (χ2n) is 6.75. The van der Waals surface area contributed by atoms with Gasteiger partial charge < -0.3 is 10.0 Å². The summed E-state index contributed by atoms with van der Waals surface area (Å²) in [5.74, 6) is -2.04. The lowest BCUT2D eigenvalue weighted by atomic mass is 10.1. The standard InChI is InChI=1S/C17H17F3N2O5S2/c18-17(19,20)10-3-1-4-11(7-10)22-12-8-29(26,27)9-13(12)28-16(22)21-14(23)5-2-6-15(24)25/h1,3-4,7,12-13H,2,5-6,8-9H2,(H,24,25)/t12-,13+/m0/s1. The number of carbonyl (C=O) groups is 2. The van der Waals surface area contributed by atoms with Crippen LogP contribution in [0.2, 0.25) is 0 Å². The van der Waals surface area contributed by atoms with Crippen LogP contribution in [0.3, 0.4) is 0 Å². The van der Waals surface area contributed by atoms with Crippen molar-refractivity contribution >= 4 is 44.3 Å². The fourth-order valence-electron chi connectivity index (χ4n) is 3.25. The molecular weight excluding hydrogens is 433 g/mol. The minimum absolute atomic E-state index is 0.0837. The van der Waals surface area contributed by atoms with E-state index in [-0.39, 0.29) is 41.6 Å². The SMILES string of the molecule is O=C(O)CCCC(=O)N=C1S[C@@H]2CS(=O)(=O)C[C@@H]2N1c1cccc(C(F)(F)F)c1. The van der Waals surface area contributed by atoms with E-state index in [2.05, 4.69) is 4.99 Å². The molecule has 1 amide bonds. The summed E-state index contributed by atoms with van der Waals surface area (Å²) in [4.78, 5) is 28.0. The number of rotatable bonds is 5. The first-order chi connectivity index (χ1) is 13.5. The predicted octanol–water partition coefficient (Wildman–Crippen LogP) is 2.56. The van der Waals surface area contributed by atoms with Gasteiger partial charge in [0.05, 0.1) is 23.1 Å². The number of benzene rings is 1. The Morgan fingerprint density at radius 2 is 1.97 bits per heavy atom. The minimum Gasteiger partial charge on any atom is -0.481 e. The van der Waals surface area contributed by atoms with Crippen LogP contribution in [0.1, 0.15) is 24.8 Å². The maximum atomic E-state index is 13.1. The molecule has 1 N–H and O–H groups in total. The van der Waals surface area contributed by atoms with E-state index in [4.69, 9.17) is 5.11 Å². The van der Waals surface area contributed by atoms with Gasteiger partial charge in [-0.15, -0.1) is 0 Å². The number of hydrogen-bond acceptors (Lipinski definition) is 5. The molecule has 2 atom stereocenters. The molecule has 1 aromatic rings. The third-order valence-corrected chi connectivity index (χ3v) is 7.73. The minimum atomic E-state index is -4.58. The van der Waals surface area contributed by atoms with E-state index in [1.54, 1.807) is 0 Å². The van der Waals surface area contributed by atoms with Gasteiger partial charge in [-0.05, 0) is 24.6 Å². The number of aliphatic imine (C=N–C) groups is 1. The van der Waals surface area contributed by atoms with Gasteiger partial charge in [-0.2, -0.15) is 18.2 Å². The van der Waals surface area contributed by atoms with Crippen molar-refractivity contribution < 1.29 is 36.3 Å². The molecular formula is C17H17F3N2O5S2. The number of carboxylic acids is 1. The van der Waals surface area contributed by atoms with Crippen molar-refractivity contribution in [2.45, 2.75) is 36.7 Å². The number of sulfone groups is 1. The predicted molar refractivity (Wildman–Crippen MR) is 102 cm³/mol. The lowest BCUT2D eigenvalue weighted by molar-refractivity contribution is -0.138. The molecule has 1 aromatic carbocycles. The van der Waals surface area contributed by atoms with E-state index in [0.717, 1.165) is 23.9 Å². The molecule has 12 heteroatoms. The van der Waals surface area contributed by atoms with E-state index >= 15 is 0 Å². The van der Waals surface area contributed by atoms with Gasteiger partial charge in [0, 0.05) is 23.8 Å². The summed E-state index contributed by atoms with van der Waals surface area (Å²) < 4.78 is 63.3. The molecule has 2 aliphatic heterocycles. The van der Waals surface area contributed by atoms with Gasteiger partial charge >= 0.3 is 12.1 Å². The Hall–Kier alpha value is -2.08. The Labute approximate surface area is 168 Å². The summed E-state index contributed by atoms with van der Waals surface area (Å²) in [7, 11) is -3.35. The maximum Gasteiger partial charge on any atom is 0.416 e. The number of nitrogens with zero attached hydrogens (tertiary/aromatic N) is 2. The van der Waals surface area contributed by atoms with E-state index in [1.165, 1.54) is 17.0 Å². The molecule has 29 heavy (non-hydrogen) atoms. The lowest BCUT2D eigenvalue weighted by Gasteiger charge is -2.25. The topological polar surface area (TPSA) is 104 Å². The molecule has 2 heterocycles. The third kappa shape index (κ3) is 5.10. The molecule has 0 unspecified atom stereocenters. The summed E-state index contributed by atoms with van der Waals surface area (Å²) in [6, 6.07) is 3.81. The molecule has 2 saturated heterocycles. The molecule has 0 aromatic heterocycles. The molecule has 0 spiro atoms. The summed E-state index contributed by atoms with van der Waals surface area (Å²) in [6.07, 6.45) is -4.82. The Kier molecular flexibility index (Phi) is 5.95. The second kappa shape index (κ2) is 7.98. The van der Waals surface area contributed by atoms with Crippen molar-refractivity contribution in [1.29, 1.82) is 0 Å². The van der Waals surface area contributed by atoms with Crippen LogP contribution in [0.25, 0.3) is 0 Å². The number of thioether (sulfide) groups is 1. The number of hydrogen-bond donors (Lipinski definition) is 1. The molecule has 0 bridgehead atoms. The molecule has 2 fully saturated rings. The van der Waals surface area contributed by atoms with Gasteiger partial charge in [-0.3, -0.25) is 9.59 Å². The first-order valence-electron chi connectivity index (χ1n) is 8.63. The van der Waals surface area contributed by atoms with Crippen molar-refractivity contribution in [1.82, 2.24) is 0 Å². The van der Waals surface area contributed by atoms with Crippen LogP contribution in [-0.2, 0) is 25.6 Å². The summed E-state index contributed by atoms with van der Waals surface area (Å²) in [5, 5.41) is 8.33. The highest BCUT2D eigenvalue weighted by Crippen LogP contribution is 2.42. The largest absolute Gasteiger partial charge is 0.481 e. The van der Waals surface area contributed by atoms with E-state index in [9.17, 15) is 31.2 Å². The maximum absolute atomic E-state index is 13.1. The number of fused-ring (bicyclic) bond motifs is 1. The summed E-state index contributed by atoms with van der Waals surface area (Å²) in [5.41, 5.74) is -0.787. The summed E-state index contributed by atoms with van der Waals surface area (Å²) in [6.45, 7) is 0. The van der Waals surface area contributed by atoms with Gasteiger partial charge in [-0.1, -0.05) is 17.8 Å². The normalized spacial score (nSPS) is 24.7. The first-order valence-corrected chi connectivity index (χ1v) is 11.3. The van der Waals surface area contributed by atoms with Gasteiger partial charge in [0.1, 0.15) is 0 Å². The molecule has 0 saturated carbocycles. The van der Waals surface area contributed by atoms with E-state index in [0.29, 0.717) is 0 Å². The average Bonchev–Trinajstić information content (AvgIpc) is 3.04. The van der Waals surface area contributed by atoms with Crippen LogP contribution in [0.15, 0.2) is 29.3 Å². The van der Waals surface area contributed by atoms with Crippen LogP contribution in [-0.4, -0.2) is 53.4 Å². The van der Waals surface area contributed by atoms with Gasteiger partial charge in [0.15, 0.2) is 15.0 Å². The highest BCUT2D eigenvalue weighted by atomic mass is 32.2. The number of amides is 1. The molecule has 2 aliphatic rings. The molecule has 7 nitrogen and oxygen atoms in total. The average molecular weight is 450 g/mol. The molecule has 0 aliphatic carbocycles. The van der Waals surface area contributed by atoms with Gasteiger partial charge in [0.2, 0.25) is 5.91 Å². The van der Waals surface area contributed by atoms with Crippen molar-refractivity contribution in [3.8, 4) is 0 Å². The fourth-order valence-corrected chi connectivity index (χ4v) is 7.18. The van der Waals surface area contributed by atoms with E-state index < -0.39 is 44.7 Å². The van der Waals surface area contributed by atoms with Crippen LogP contribution in [0.4, 0.5) is 18.9 Å². The van der Waals surface area contributed by atoms with Gasteiger partial charge in [-0.25, -0.2) is 8.42 Å². The Morgan fingerprint density at radius 3 is 2.62 bits per heavy atom. The zero-order valence-corrected chi connectivity index (χ0v) is 16.6. The van der Waals surface area contributed by atoms with Crippen LogP contribution >= 0.6 is 11.8 Å².